The number of para-hydroxylation sites is 1. The predicted molar refractivity (Wildman–Crippen MR) is 90.0 cm³/mol. The molecule has 0 saturated carbocycles. The van der Waals surface area contributed by atoms with Gasteiger partial charge in [0, 0.05) is 18.3 Å². The number of carbonyl (C=O) groups excluding carboxylic acids is 2. The van der Waals surface area contributed by atoms with E-state index in [4.69, 9.17) is 4.74 Å². The lowest BCUT2D eigenvalue weighted by molar-refractivity contribution is -0.158. The third kappa shape index (κ3) is 4.19. The number of amides is 1. The average molecular weight is 311 g/mol. The summed E-state index contributed by atoms with van der Waals surface area (Å²) >= 11 is 0. The van der Waals surface area contributed by atoms with Crippen molar-refractivity contribution in [1.82, 2.24) is 0 Å². The first-order valence-corrected chi connectivity index (χ1v) is 7.58. The standard InChI is InChI=1S/C19H21NO3/c1-14(2)19(22)23-17(15-10-6-4-7-11-15)18(21)20(3)16-12-8-5-9-13-16/h4-14,17H,1-3H3/t17-/m1/s1. The molecule has 0 aliphatic carbocycles. The topological polar surface area (TPSA) is 46.6 Å². The Morgan fingerprint density at radius 2 is 1.43 bits per heavy atom. The Labute approximate surface area is 136 Å². The molecule has 0 N–H and O–H groups in total. The molecule has 23 heavy (non-hydrogen) atoms. The van der Waals surface area contributed by atoms with E-state index in [9.17, 15) is 9.59 Å². The number of esters is 1. The summed E-state index contributed by atoms with van der Waals surface area (Å²) in [5.74, 6) is -0.971. The molecule has 0 saturated heterocycles. The summed E-state index contributed by atoms with van der Waals surface area (Å²) in [6, 6.07) is 18.3. The smallest absolute Gasteiger partial charge is 0.309 e. The van der Waals surface area contributed by atoms with Gasteiger partial charge in [0.15, 0.2) is 0 Å². The molecule has 2 rings (SSSR count). The lowest BCUT2D eigenvalue weighted by atomic mass is 10.1. The van der Waals surface area contributed by atoms with Crippen LogP contribution in [0, 0.1) is 5.92 Å². The quantitative estimate of drug-likeness (QED) is 0.793. The van der Waals surface area contributed by atoms with Crippen molar-refractivity contribution in [2.75, 3.05) is 11.9 Å². The highest BCUT2D eigenvalue weighted by molar-refractivity contribution is 5.97. The summed E-state index contributed by atoms with van der Waals surface area (Å²) in [6.45, 7) is 3.49. The number of anilines is 1. The van der Waals surface area contributed by atoms with Gasteiger partial charge in [0.25, 0.3) is 5.91 Å². The summed E-state index contributed by atoms with van der Waals surface area (Å²) in [5, 5.41) is 0. The maximum absolute atomic E-state index is 12.9. The number of ether oxygens (including phenoxy) is 1. The fourth-order valence-electron chi connectivity index (χ4n) is 2.10. The van der Waals surface area contributed by atoms with Crippen LogP contribution in [0.15, 0.2) is 60.7 Å². The van der Waals surface area contributed by atoms with Crippen LogP contribution in [0.4, 0.5) is 5.69 Å². The van der Waals surface area contributed by atoms with E-state index in [-0.39, 0.29) is 11.8 Å². The van der Waals surface area contributed by atoms with Crippen molar-refractivity contribution in [3.63, 3.8) is 0 Å². The van der Waals surface area contributed by atoms with Crippen LogP contribution in [0.3, 0.4) is 0 Å². The molecular weight excluding hydrogens is 290 g/mol. The van der Waals surface area contributed by atoms with Gasteiger partial charge in [-0.2, -0.15) is 0 Å². The summed E-state index contributed by atoms with van der Waals surface area (Å²) in [5.41, 5.74) is 1.41. The fourth-order valence-corrected chi connectivity index (χ4v) is 2.10. The molecule has 4 heteroatoms. The van der Waals surface area contributed by atoms with Crippen LogP contribution in [0.1, 0.15) is 25.5 Å². The van der Waals surface area contributed by atoms with Gasteiger partial charge in [0.05, 0.1) is 5.92 Å². The first-order valence-electron chi connectivity index (χ1n) is 7.58. The first kappa shape index (κ1) is 16.7. The molecule has 0 aromatic heterocycles. The number of hydrogen-bond acceptors (Lipinski definition) is 3. The predicted octanol–water partition coefficient (Wildman–Crippen LogP) is 3.59. The maximum atomic E-state index is 12.9. The molecule has 2 aromatic carbocycles. The first-order chi connectivity index (χ1) is 11.0. The Morgan fingerprint density at radius 1 is 0.913 bits per heavy atom. The third-order valence-electron chi connectivity index (χ3n) is 3.51. The second-order valence-electron chi connectivity index (χ2n) is 5.62. The number of hydrogen-bond donors (Lipinski definition) is 0. The minimum atomic E-state index is -0.948. The second kappa shape index (κ2) is 7.58. The van der Waals surface area contributed by atoms with E-state index in [1.165, 1.54) is 4.90 Å². The number of nitrogens with zero attached hydrogens (tertiary/aromatic N) is 1. The van der Waals surface area contributed by atoms with Crippen molar-refractivity contribution in [3.05, 3.63) is 66.2 Å². The van der Waals surface area contributed by atoms with Gasteiger partial charge in [-0.25, -0.2) is 0 Å². The number of carbonyl (C=O) groups is 2. The molecule has 0 bridgehead atoms. The van der Waals surface area contributed by atoms with Crippen molar-refractivity contribution in [1.29, 1.82) is 0 Å². The normalized spacial score (nSPS) is 11.8. The highest BCUT2D eigenvalue weighted by Gasteiger charge is 2.29. The Balaban J connectivity index is 2.29. The van der Waals surface area contributed by atoms with E-state index in [1.54, 1.807) is 33.0 Å². The molecule has 0 fully saturated rings. The van der Waals surface area contributed by atoms with E-state index in [1.807, 2.05) is 48.5 Å². The molecule has 0 spiro atoms. The number of likely N-dealkylation sites (N-methyl/N-ethyl adjacent to an activating group) is 1. The molecule has 0 unspecified atom stereocenters. The van der Waals surface area contributed by atoms with Crippen molar-refractivity contribution >= 4 is 17.6 Å². The molecule has 4 nitrogen and oxygen atoms in total. The summed E-state index contributed by atoms with van der Waals surface area (Å²) in [7, 11) is 1.68. The highest BCUT2D eigenvalue weighted by Crippen LogP contribution is 2.24. The zero-order valence-electron chi connectivity index (χ0n) is 13.6. The summed E-state index contributed by atoms with van der Waals surface area (Å²) in [4.78, 5) is 26.4. The molecule has 0 aliphatic heterocycles. The molecule has 0 heterocycles. The van der Waals surface area contributed by atoms with E-state index >= 15 is 0 Å². The summed E-state index contributed by atoms with van der Waals surface area (Å²) in [6.07, 6.45) is -0.948. The largest absolute Gasteiger partial charge is 0.447 e. The Kier molecular flexibility index (Phi) is 5.52. The van der Waals surface area contributed by atoms with Crippen molar-refractivity contribution in [2.45, 2.75) is 20.0 Å². The highest BCUT2D eigenvalue weighted by atomic mass is 16.5. The Morgan fingerprint density at radius 3 is 1.96 bits per heavy atom. The van der Waals surface area contributed by atoms with E-state index in [0.29, 0.717) is 5.56 Å². The van der Waals surface area contributed by atoms with Gasteiger partial charge in [-0.15, -0.1) is 0 Å². The second-order valence-corrected chi connectivity index (χ2v) is 5.62. The molecule has 1 atom stereocenters. The lowest BCUT2D eigenvalue weighted by Gasteiger charge is -2.24. The molecular formula is C19H21NO3. The van der Waals surface area contributed by atoms with Gasteiger partial charge in [0.2, 0.25) is 6.10 Å². The van der Waals surface area contributed by atoms with Gasteiger partial charge < -0.3 is 9.64 Å². The minimum absolute atomic E-state index is 0.281. The van der Waals surface area contributed by atoms with Crippen LogP contribution in [0.5, 0.6) is 0 Å². The monoisotopic (exact) mass is 311 g/mol. The lowest BCUT2D eigenvalue weighted by Crippen LogP contribution is -2.34. The Bertz CT molecular complexity index is 653. The molecule has 120 valence electrons. The molecule has 0 radical (unpaired) electrons. The molecule has 1 amide bonds. The van der Waals surface area contributed by atoms with Crippen LogP contribution in [0.25, 0.3) is 0 Å². The number of benzene rings is 2. The summed E-state index contributed by atoms with van der Waals surface area (Å²) < 4.78 is 5.47. The zero-order valence-corrected chi connectivity index (χ0v) is 13.6. The SMILES string of the molecule is CC(C)C(=O)O[C@@H](C(=O)N(C)c1ccccc1)c1ccccc1. The minimum Gasteiger partial charge on any atom is -0.447 e. The van der Waals surface area contributed by atoms with Crippen LogP contribution in [-0.2, 0) is 14.3 Å². The van der Waals surface area contributed by atoms with Crippen molar-refractivity contribution < 1.29 is 14.3 Å². The van der Waals surface area contributed by atoms with Crippen molar-refractivity contribution in [2.24, 2.45) is 5.92 Å². The van der Waals surface area contributed by atoms with Crippen LogP contribution >= 0.6 is 0 Å². The van der Waals surface area contributed by atoms with Gasteiger partial charge in [-0.1, -0.05) is 62.4 Å². The number of rotatable bonds is 5. The van der Waals surface area contributed by atoms with E-state index in [0.717, 1.165) is 5.69 Å². The third-order valence-corrected chi connectivity index (χ3v) is 3.51. The van der Waals surface area contributed by atoms with Crippen LogP contribution in [0.2, 0.25) is 0 Å². The van der Waals surface area contributed by atoms with Crippen LogP contribution < -0.4 is 4.90 Å². The molecule has 2 aromatic rings. The van der Waals surface area contributed by atoms with E-state index in [2.05, 4.69) is 0 Å². The Hall–Kier alpha value is -2.62. The van der Waals surface area contributed by atoms with Crippen molar-refractivity contribution in [3.8, 4) is 0 Å². The average Bonchev–Trinajstić information content (AvgIpc) is 2.59. The van der Waals surface area contributed by atoms with Gasteiger partial charge in [0.1, 0.15) is 0 Å². The zero-order chi connectivity index (χ0) is 16.8. The maximum Gasteiger partial charge on any atom is 0.309 e. The van der Waals surface area contributed by atoms with Gasteiger partial charge >= 0.3 is 5.97 Å². The van der Waals surface area contributed by atoms with Gasteiger partial charge in [-0.3, -0.25) is 9.59 Å². The van der Waals surface area contributed by atoms with Gasteiger partial charge in [-0.05, 0) is 12.1 Å². The molecule has 0 aliphatic rings. The van der Waals surface area contributed by atoms with E-state index < -0.39 is 12.1 Å². The van der Waals surface area contributed by atoms with Crippen LogP contribution in [-0.4, -0.2) is 18.9 Å². The fraction of sp³-hybridized carbons (Fsp3) is 0.263.